The van der Waals surface area contributed by atoms with Crippen LogP contribution in [0.2, 0.25) is 0 Å². The minimum Gasteiger partial charge on any atom is -0.300 e. The number of carbonyl (C=O) groups excluding carboxylic acids is 1. The van der Waals surface area contributed by atoms with Gasteiger partial charge in [-0.3, -0.25) is 14.2 Å². The van der Waals surface area contributed by atoms with E-state index in [1.807, 2.05) is 12.3 Å². The van der Waals surface area contributed by atoms with Gasteiger partial charge in [0.25, 0.3) is 0 Å². The monoisotopic (exact) mass is 387 g/mol. The van der Waals surface area contributed by atoms with Gasteiger partial charge in [0.2, 0.25) is 5.91 Å². The Balaban J connectivity index is 1.70. The van der Waals surface area contributed by atoms with Gasteiger partial charge in [-0.1, -0.05) is 56.4 Å². The van der Waals surface area contributed by atoms with Crippen molar-refractivity contribution in [2.75, 3.05) is 5.32 Å². The second-order valence-electron chi connectivity index (χ2n) is 7.14. The summed E-state index contributed by atoms with van der Waals surface area (Å²) in [5.41, 5.74) is 4.00. The van der Waals surface area contributed by atoms with E-state index in [-0.39, 0.29) is 22.7 Å². The van der Waals surface area contributed by atoms with E-state index in [2.05, 4.69) is 55.3 Å². The highest BCUT2D eigenvalue weighted by Gasteiger charge is 2.14. The van der Waals surface area contributed by atoms with Crippen molar-refractivity contribution >= 4 is 33.7 Å². The SMILES string of the molecule is Cc1csc(=O)n1CC(=O)Nc1nc(-c2ccc(C(C)(C)C)cc2)cs1. The molecule has 0 bridgehead atoms. The first-order valence-electron chi connectivity index (χ1n) is 8.25. The molecule has 5 nitrogen and oxygen atoms in total. The number of anilines is 1. The van der Waals surface area contributed by atoms with Crippen LogP contribution in [0.3, 0.4) is 0 Å². The van der Waals surface area contributed by atoms with E-state index < -0.39 is 0 Å². The standard InChI is InChI=1S/C19H21N3O2S2/c1-12-10-26-18(24)22(12)9-16(23)21-17-20-15(11-25-17)13-5-7-14(8-6-13)19(2,3)4/h5-8,10-11H,9H2,1-4H3,(H,20,21,23). The Morgan fingerprint density at radius 2 is 1.85 bits per heavy atom. The fraction of sp³-hybridized carbons (Fsp3) is 0.316. The van der Waals surface area contributed by atoms with Gasteiger partial charge in [-0.05, 0) is 17.9 Å². The average molecular weight is 388 g/mol. The summed E-state index contributed by atoms with van der Waals surface area (Å²) in [4.78, 5) is 28.2. The molecule has 2 heterocycles. The Bertz CT molecular complexity index is 975. The summed E-state index contributed by atoms with van der Waals surface area (Å²) >= 11 is 2.47. The molecule has 0 aliphatic carbocycles. The maximum Gasteiger partial charge on any atom is 0.307 e. The molecule has 136 valence electrons. The first-order valence-corrected chi connectivity index (χ1v) is 10.0. The van der Waals surface area contributed by atoms with Crippen molar-refractivity contribution in [2.24, 2.45) is 0 Å². The first kappa shape index (κ1) is 18.5. The van der Waals surface area contributed by atoms with Crippen molar-refractivity contribution in [1.29, 1.82) is 0 Å². The van der Waals surface area contributed by atoms with E-state index in [1.54, 1.807) is 5.38 Å². The Kier molecular flexibility index (Phi) is 5.11. The molecule has 0 fully saturated rings. The molecule has 7 heteroatoms. The molecule has 0 saturated carbocycles. The number of amides is 1. The Labute approximate surface area is 160 Å². The van der Waals surface area contributed by atoms with Gasteiger partial charge >= 0.3 is 4.87 Å². The molecule has 26 heavy (non-hydrogen) atoms. The quantitative estimate of drug-likeness (QED) is 0.727. The predicted octanol–water partition coefficient (Wildman–Crippen LogP) is 4.28. The fourth-order valence-electron chi connectivity index (χ4n) is 2.50. The smallest absolute Gasteiger partial charge is 0.300 e. The molecule has 1 amide bonds. The number of carbonyl (C=O) groups is 1. The van der Waals surface area contributed by atoms with Crippen LogP contribution in [0, 0.1) is 6.92 Å². The lowest BCUT2D eigenvalue weighted by Gasteiger charge is -2.18. The summed E-state index contributed by atoms with van der Waals surface area (Å²) in [6, 6.07) is 8.32. The van der Waals surface area contributed by atoms with Crippen LogP contribution in [0.5, 0.6) is 0 Å². The van der Waals surface area contributed by atoms with Crippen LogP contribution in [0.4, 0.5) is 5.13 Å². The maximum absolute atomic E-state index is 12.2. The highest BCUT2D eigenvalue weighted by Crippen LogP contribution is 2.28. The third-order valence-corrected chi connectivity index (χ3v) is 5.71. The van der Waals surface area contributed by atoms with E-state index >= 15 is 0 Å². The van der Waals surface area contributed by atoms with Crippen LogP contribution >= 0.6 is 22.7 Å². The van der Waals surface area contributed by atoms with Gasteiger partial charge in [0, 0.05) is 22.0 Å². The minimum atomic E-state index is -0.252. The van der Waals surface area contributed by atoms with Gasteiger partial charge in [-0.2, -0.15) is 0 Å². The van der Waals surface area contributed by atoms with Gasteiger partial charge < -0.3 is 5.32 Å². The van der Waals surface area contributed by atoms with Crippen molar-refractivity contribution in [3.05, 3.63) is 56.0 Å². The van der Waals surface area contributed by atoms with E-state index in [0.29, 0.717) is 5.13 Å². The Hall–Kier alpha value is -2.25. The van der Waals surface area contributed by atoms with Crippen LogP contribution in [0.25, 0.3) is 11.3 Å². The molecule has 0 radical (unpaired) electrons. The second-order valence-corrected chi connectivity index (χ2v) is 8.82. The van der Waals surface area contributed by atoms with Crippen molar-refractivity contribution in [2.45, 2.75) is 39.7 Å². The van der Waals surface area contributed by atoms with E-state index in [0.717, 1.165) is 28.3 Å². The topological polar surface area (TPSA) is 64.0 Å². The molecule has 0 spiro atoms. The van der Waals surface area contributed by atoms with E-state index in [1.165, 1.54) is 21.5 Å². The molecule has 0 unspecified atom stereocenters. The molecule has 2 aromatic heterocycles. The van der Waals surface area contributed by atoms with Crippen LogP contribution in [0.15, 0.2) is 39.8 Å². The molecule has 0 aliphatic rings. The maximum atomic E-state index is 12.2. The van der Waals surface area contributed by atoms with Crippen molar-refractivity contribution in [1.82, 2.24) is 9.55 Å². The lowest BCUT2D eigenvalue weighted by Crippen LogP contribution is -2.25. The summed E-state index contributed by atoms with van der Waals surface area (Å²) in [5.74, 6) is -0.252. The third-order valence-electron chi connectivity index (χ3n) is 4.08. The molecule has 0 saturated heterocycles. The Morgan fingerprint density at radius 3 is 2.42 bits per heavy atom. The summed E-state index contributed by atoms with van der Waals surface area (Å²) in [6.45, 7) is 8.36. The summed E-state index contributed by atoms with van der Waals surface area (Å²) in [6.07, 6.45) is 0. The molecular formula is C19H21N3O2S2. The van der Waals surface area contributed by atoms with Crippen LogP contribution < -0.4 is 10.2 Å². The highest BCUT2D eigenvalue weighted by molar-refractivity contribution is 7.14. The number of nitrogens with one attached hydrogen (secondary N) is 1. The summed E-state index contributed by atoms with van der Waals surface area (Å²) in [7, 11) is 0. The molecule has 1 N–H and O–H groups in total. The molecule has 3 aromatic rings. The lowest BCUT2D eigenvalue weighted by atomic mass is 9.86. The molecule has 0 aliphatic heterocycles. The molecular weight excluding hydrogens is 366 g/mol. The van der Waals surface area contributed by atoms with Gasteiger partial charge in [-0.15, -0.1) is 11.3 Å². The van der Waals surface area contributed by atoms with Crippen LogP contribution in [-0.4, -0.2) is 15.5 Å². The number of benzene rings is 1. The largest absolute Gasteiger partial charge is 0.307 e. The second kappa shape index (κ2) is 7.17. The van der Waals surface area contributed by atoms with Crippen molar-refractivity contribution in [3.63, 3.8) is 0 Å². The number of nitrogens with zero attached hydrogens (tertiary/aromatic N) is 2. The molecule has 0 atom stereocenters. The minimum absolute atomic E-state index is 0.00333. The number of aromatic nitrogens is 2. The zero-order chi connectivity index (χ0) is 18.9. The lowest BCUT2D eigenvalue weighted by molar-refractivity contribution is -0.116. The number of hydrogen-bond acceptors (Lipinski definition) is 5. The van der Waals surface area contributed by atoms with Gasteiger partial charge in [0.1, 0.15) is 6.54 Å². The molecule has 1 aromatic carbocycles. The van der Waals surface area contributed by atoms with Gasteiger partial charge in [-0.25, -0.2) is 4.98 Å². The number of rotatable bonds is 4. The van der Waals surface area contributed by atoms with E-state index in [9.17, 15) is 9.59 Å². The zero-order valence-electron chi connectivity index (χ0n) is 15.2. The zero-order valence-corrected chi connectivity index (χ0v) is 16.8. The van der Waals surface area contributed by atoms with Gasteiger partial charge in [0.05, 0.1) is 5.69 Å². The number of hydrogen-bond donors (Lipinski definition) is 1. The number of thiazole rings is 2. The van der Waals surface area contributed by atoms with Crippen molar-refractivity contribution in [3.8, 4) is 11.3 Å². The third kappa shape index (κ3) is 4.11. The average Bonchev–Trinajstić information content (AvgIpc) is 3.16. The predicted molar refractivity (Wildman–Crippen MR) is 108 cm³/mol. The number of aryl methyl sites for hydroxylation is 1. The van der Waals surface area contributed by atoms with E-state index in [4.69, 9.17) is 0 Å². The van der Waals surface area contributed by atoms with Crippen LogP contribution in [0.1, 0.15) is 32.0 Å². The first-order chi connectivity index (χ1) is 12.2. The highest BCUT2D eigenvalue weighted by atomic mass is 32.1. The summed E-state index contributed by atoms with van der Waals surface area (Å²) in [5, 5.41) is 6.98. The molecule has 3 rings (SSSR count). The summed E-state index contributed by atoms with van der Waals surface area (Å²) < 4.78 is 1.46. The Morgan fingerprint density at radius 1 is 1.15 bits per heavy atom. The van der Waals surface area contributed by atoms with Gasteiger partial charge in [0.15, 0.2) is 5.13 Å². The van der Waals surface area contributed by atoms with Crippen molar-refractivity contribution < 1.29 is 4.79 Å². The van der Waals surface area contributed by atoms with Crippen LogP contribution in [-0.2, 0) is 16.8 Å². The normalized spacial score (nSPS) is 11.5. The fourth-order valence-corrected chi connectivity index (χ4v) is 3.97.